The Morgan fingerprint density at radius 3 is 2.33 bits per heavy atom. The monoisotopic (exact) mass is 206 g/mol. The van der Waals surface area contributed by atoms with Gasteiger partial charge in [0.2, 0.25) is 0 Å². The molecule has 1 rings (SSSR count). The lowest BCUT2D eigenvalue weighted by atomic mass is 10.2. The number of hydrazine groups is 1. The molecule has 80 valence electrons. The lowest BCUT2D eigenvalue weighted by Crippen LogP contribution is -2.28. The molecule has 0 amide bonds. The van der Waals surface area contributed by atoms with E-state index in [9.17, 15) is 4.39 Å². The van der Waals surface area contributed by atoms with E-state index in [0.717, 1.165) is 5.57 Å². The fourth-order valence-corrected chi connectivity index (χ4v) is 1.17. The van der Waals surface area contributed by atoms with Gasteiger partial charge < -0.3 is 0 Å². The first-order chi connectivity index (χ1) is 7.00. The molecular formula is C12H15FN2. The fraction of sp³-hybridized carbons (Fsp3) is 0.167. The van der Waals surface area contributed by atoms with Crippen LogP contribution in [-0.4, -0.2) is 0 Å². The van der Waals surface area contributed by atoms with Gasteiger partial charge in [-0.15, -0.1) is 0 Å². The number of nitrogens with two attached hydrogens (primary N) is 1. The zero-order valence-electron chi connectivity index (χ0n) is 9.00. The fourth-order valence-electron chi connectivity index (χ4n) is 1.17. The summed E-state index contributed by atoms with van der Waals surface area (Å²) in [6.07, 6.45) is 1.86. The van der Waals surface area contributed by atoms with Crippen LogP contribution in [0.5, 0.6) is 0 Å². The first kappa shape index (κ1) is 11.5. The lowest BCUT2D eigenvalue weighted by Gasteiger charge is -2.19. The quantitative estimate of drug-likeness (QED) is 0.468. The topological polar surface area (TPSA) is 29.3 Å². The number of benzene rings is 1. The van der Waals surface area contributed by atoms with Crippen LogP contribution in [0.25, 0.3) is 0 Å². The molecule has 0 saturated carbocycles. The van der Waals surface area contributed by atoms with Crippen LogP contribution < -0.4 is 10.9 Å². The van der Waals surface area contributed by atoms with E-state index in [1.165, 1.54) is 17.1 Å². The summed E-state index contributed by atoms with van der Waals surface area (Å²) < 4.78 is 12.7. The van der Waals surface area contributed by atoms with E-state index < -0.39 is 0 Å². The van der Waals surface area contributed by atoms with Gasteiger partial charge in [-0.25, -0.2) is 10.2 Å². The third-order valence-corrected chi connectivity index (χ3v) is 1.87. The van der Waals surface area contributed by atoms with Crippen molar-refractivity contribution in [2.24, 2.45) is 5.84 Å². The zero-order valence-corrected chi connectivity index (χ0v) is 9.00. The summed E-state index contributed by atoms with van der Waals surface area (Å²) in [7, 11) is 0. The summed E-state index contributed by atoms with van der Waals surface area (Å²) in [6, 6.07) is 5.95. The second kappa shape index (κ2) is 4.75. The summed E-state index contributed by atoms with van der Waals surface area (Å²) in [4.78, 5) is 0. The van der Waals surface area contributed by atoms with Crippen molar-refractivity contribution in [2.45, 2.75) is 13.8 Å². The van der Waals surface area contributed by atoms with Gasteiger partial charge in [0.05, 0.1) is 11.4 Å². The SMILES string of the molecule is C=C(C=C(C)C)N(N)c1ccc(F)cc1. The van der Waals surface area contributed by atoms with E-state index >= 15 is 0 Å². The minimum atomic E-state index is -0.278. The Morgan fingerprint density at radius 2 is 1.87 bits per heavy atom. The summed E-state index contributed by atoms with van der Waals surface area (Å²) in [6.45, 7) is 7.75. The van der Waals surface area contributed by atoms with E-state index in [1.807, 2.05) is 19.9 Å². The minimum absolute atomic E-state index is 0.278. The molecule has 0 aliphatic carbocycles. The highest BCUT2D eigenvalue weighted by molar-refractivity contribution is 5.52. The first-order valence-electron chi connectivity index (χ1n) is 4.65. The van der Waals surface area contributed by atoms with Crippen molar-refractivity contribution in [3.05, 3.63) is 54.0 Å². The molecular weight excluding hydrogens is 191 g/mol. The predicted octanol–water partition coefficient (Wildman–Crippen LogP) is 2.99. The molecule has 2 N–H and O–H groups in total. The number of halogens is 1. The number of nitrogens with zero attached hydrogens (tertiary/aromatic N) is 1. The Morgan fingerprint density at radius 1 is 1.33 bits per heavy atom. The van der Waals surface area contributed by atoms with Crippen molar-refractivity contribution < 1.29 is 4.39 Å². The van der Waals surface area contributed by atoms with Crippen molar-refractivity contribution >= 4 is 5.69 Å². The maximum absolute atomic E-state index is 12.7. The molecule has 0 unspecified atom stereocenters. The molecule has 0 aromatic heterocycles. The molecule has 0 bridgehead atoms. The second-order valence-corrected chi connectivity index (χ2v) is 3.56. The van der Waals surface area contributed by atoms with Gasteiger partial charge in [0.1, 0.15) is 5.82 Å². The summed E-state index contributed by atoms with van der Waals surface area (Å²) in [5.74, 6) is 5.53. The van der Waals surface area contributed by atoms with Crippen LogP contribution in [0.15, 0.2) is 48.2 Å². The highest BCUT2D eigenvalue weighted by Gasteiger charge is 2.03. The molecule has 0 aliphatic heterocycles. The molecule has 1 aromatic carbocycles. The van der Waals surface area contributed by atoms with Crippen LogP contribution >= 0.6 is 0 Å². The molecule has 0 atom stereocenters. The maximum Gasteiger partial charge on any atom is 0.123 e. The Hall–Kier alpha value is -1.61. The standard InChI is InChI=1S/C12H15FN2/c1-9(2)8-10(3)15(14)12-6-4-11(13)5-7-12/h4-8H,3,14H2,1-2H3. The highest BCUT2D eigenvalue weighted by Crippen LogP contribution is 2.16. The van der Waals surface area contributed by atoms with Crippen molar-refractivity contribution in [1.29, 1.82) is 0 Å². The number of hydrogen-bond acceptors (Lipinski definition) is 2. The molecule has 0 saturated heterocycles. The second-order valence-electron chi connectivity index (χ2n) is 3.56. The molecule has 3 heteroatoms. The average molecular weight is 206 g/mol. The molecule has 0 heterocycles. The van der Waals surface area contributed by atoms with Gasteiger partial charge in [0.25, 0.3) is 0 Å². The average Bonchev–Trinajstić information content (AvgIpc) is 2.17. The van der Waals surface area contributed by atoms with Gasteiger partial charge in [-0.05, 0) is 44.2 Å². The molecule has 0 aliphatic rings. The van der Waals surface area contributed by atoms with Crippen LogP contribution in [0.4, 0.5) is 10.1 Å². The molecule has 0 radical (unpaired) electrons. The highest BCUT2D eigenvalue weighted by atomic mass is 19.1. The van der Waals surface area contributed by atoms with Crippen LogP contribution in [0.3, 0.4) is 0 Å². The van der Waals surface area contributed by atoms with Crippen molar-refractivity contribution in [3.8, 4) is 0 Å². The van der Waals surface area contributed by atoms with Gasteiger partial charge in [-0.2, -0.15) is 0 Å². The molecule has 15 heavy (non-hydrogen) atoms. The molecule has 0 fully saturated rings. The summed E-state index contributed by atoms with van der Waals surface area (Å²) in [5, 5.41) is 1.42. The van der Waals surface area contributed by atoms with Crippen LogP contribution in [0.1, 0.15) is 13.8 Å². The largest absolute Gasteiger partial charge is 0.280 e. The third-order valence-electron chi connectivity index (χ3n) is 1.87. The van der Waals surface area contributed by atoms with E-state index in [4.69, 9.17) is 5.84 Å². The van der Waals surface area contributed by atoms with Gasteiger partial charge >= 0.3 is 0 Å². The smallest absolute Gasteiger partial charge is 0.123 e. The molecule has 1 aromatic rings. The van der Waals surface area contributed by atoms with Gasteiger partial charge in [0, 0.05) is 0 Å². The third kappa shape index (κ3) is 3.22. The predicted molar refractivity (Wildman–Crippen MR) is 61.6 cm³/mol. The minimum Gasteiger partial charge on any atom is -0.280 e. The Bertz CT molecular complexity index is 375. The van der Waals surface area contributed by atoms with Crippen LogP contribution in [0.2, 0.25) is 0 Å². The van der Waals surface area contributed by atoms with E-state index in [1.54, 1.807) is 12.1 Å². The Labute approximate surface area is 89.5 Å². The van der Waals surface area contributed by atoms with Crippen molar-refractivity contribution in [2.75, 3.05) is 5.01 Å². The Kier molecular flexibility index (Phi) is 3.63. The van der Waals surface area contributed by atoms with Gasteiger partial charge in [0.15, 0.2) is 0 Å². The van der Waals surface area contributed by atoms with Gasteiger partial charge in [-0.1, -0.05) is 12.2 Å². The molecule has 2 nitrogen and oxygen atoms in total. The van der Waals surface area contributed by atoms with E-state index in [2.05, 4.69) is 6.58 Å². The number of hydrogen-bond donors (Lipinski definition) is 1. The lowest BCUT2D eigenvalue weighted by molar-refractivity contribution is 0.627. The number of allylic oxidation sites excluding steroid dienone is 2. The van der Waals surface area contributed by atoms with E-state index in [0.29, 0.717) is 11.4 Å². The van der Waals surface area contributed by atoms with Crippen molar-refractivity contribution in [3.63, 3.8) is 0 Å². The van der Waals surface area contributed by atoms with E-state index in [-0.39, 0.29) is 5.82 Å². The zero-order chi connectivity index (χ0) is 11.4. The van der Waals surface area contributed by atoms with Gasteiger partial charge in [-0.3, -0.25) is 5.01 Å². The number of anilines is 1. The molecule has 0 spiro atoms. The van der Waals surface area contributed by atoms with Crippen LogP contribution in [0, 0.1) is 5.82 Å². The Balaban J connectivity index is 2.85. The summed E-state index contributed by atoms with van der Waals surface area (Å²) in [5.41, 5.74) is 2.48. The maximum atomic E-state index is 12.7. The first-order valence-corrected chi connectivity index (χ1v) is 4.65. The van der Waals surface area contributed by atoms with Crippen molar-refractivity contribution in [1.82, 2.24) is 0 Å². The van der Waals surface area contributed by atoms with Crippen LogP contribution in [-0.2, 0) is 0 Å². The number of rotatable bonds is 3. The summed E-state index contributed by atoms with van der Waals surface area (Å²) >= 11 is 0. The normalized spacial score (nSPS) is 9.60.